The van der Waals surface area contributed by atoms with Crippen LogP contribution in [0.4, 0.5) is 5.95 Å². The highest BCUT2D eigenvalue weighted by atomic mass is 16.5. The molecule has 3 aliphatic heterocycles. The Labute approximate surface area is 158 Å². The van der Waals surface area contributed by atoms with Gasteiger partial charge in [-0.1, -0.05) is 0 Å². The third-order valence-corrected chi connectivity index (χ3v) is 6.17. The topological polar surface area (TPSA) is 76.4 Å². The van der Waals surface area contributed by atoms with E-state index in [9.17, 15) is 4.79 Å². The van der Waals surface area contributed by atoms with Crippen molar-refractivity contribution in [2.24, 2.45) is 7.05 Å². The van der Waals surface area contributed by atoms with Crippen LogP contribution >= 0.6 is 0 Å². The summed E-state index contributed by atoms with van der Waals surface area (Å²) in [4.78, 5) is 27.0. The van der Waals surface area contributed by atoms with Crippen molar-refractivity contribution >= 4 is 11.9 Å². The van der Waals surface area contributed by atoms with E-state index in [0.717, 1.165) is 68.5 Å². The van der Waals surface area contributed by atoms with Crippen molar-refractivity contribution in [3.8, 4) is 0 Å². The molecule has 0 aromatic carbocycles. The number of carbonyl (C=O) groups is 1. The molecule has 2 saturated heterocycles. The summed E-state index contributed by atoms with van der Waals surface area (Å²) >= 11 is 0. The molecule has 142 valence electrons. The van der Waals surface area contributed by atoms with E-state index in [2.05, 4.69) is 15.0 Å². The van der Waals surface area contributed by atoms with Crippen LogP contribution in [0.1, 0.15) is 46.2 Å². The second-order valence-corrected chi connectivity index (χ2v) is 7.60. The number of ether oxygens (including phenoxy) is 1. The molecule has 2 atom stereocenters. The zero-order valence-corrected chi connectivity index (χ0v) is 15.8. The van der Waals surface area contributed by atoms with Crippen molar-refractivity contribution in [1.29, 1.82) is 0 Å². The maximum atomic E-state index is 13.2. The average Bonchev–Trinajstić information content (AvgIpc) is 3.20. The minimum Gasteiger partial charge on any atom is -0.378 e. The zero-order valence-electron chi connectivity index (χ0n) is 15.8. The molecule has 0 unspecified atom stereocenters. The second kappa shape index (κ2) is 6.30. The number of hydrogen-bond donors (Lipinski definition) is 0. The number of fused-ring (bicyclic) bond motifs is 4. The van der Waals surface area contributed by atoms with Crippen molar-refractivity contribution in [2.75, 3.05) is 31.2 Å². The number of aromatic nitrogens is 4. The lowest BCUT2D eigenvalue weighted by Crippen LogP contribution is -2.43. The fraction of sp³-hybridized carbons (Fsp3) is 0.579. The Bertz CT molecular complexity index is 888. The van der Waals surface area contributed by atoms with Gasteiger partial charge in [0.1, 0.15) is 0 Å². The molecule has 2 fully saturated rings. The molecule has 1 amide bonds. The van der Waals surface area contributed by atoms with Crippen molar-refractivity contribution in [2.45, 2.75) is 38.3 Å². The van der Waals surface area contributed by atoms with E-state index >= 15 is 0 Å². The minimum atomic E-state index is 0.0737. The molecule has 0 N–H and O–H groups in total. The predicted octanol–water partition coefficient (Wildman–Crippen LogP) is 1.26. The fourth-order valence-electron chi connectivity index (χ4n) is 4.54. The van der Waals surface area contributed by atoms with Crippen molar-refractivity contribution in [3.05, 3.63) is 34.9 Å². The third kappa shape index (κ3) is 2.62. The lowest BCUT2D eigenvalue weighted by molar-refractivity contribution is 0.0643. The molecule has 27 heavy (non-hydrogen) atoms. The molecule has 0 spiro atoms. The largest absolute Gasteiger partial charge is 0.378 e. The van der Waals surface area contributed by atoms with Crippen LogP contribution in [0.25, 0.3) is 0 Å². The Hall–Kier alpha value is -2.48. The first-order chi connectivity index (χ1) is 13.1. The Balaban J connectivity index is 1.45. The molecule has 0 radical (unpaired) electrons. The molecule has 2 aromatic rings. The van der Waals surface area contributed by atoms with E-state index in [4.69, 9.17) is 9.72 Å². The minimum absolute atomic E-state index is 0.0737. The number of hydrogen-bond acceptors (Lipinski definition) is 6. The Morgan fingerprint density at radius 3 is 2.78 bits per heavy atom. The summed E-state index contributed by atoms with van der Waals surface area (Å²) in [6, 6.07) is 0.284. The van der Waals surface area contributed by atoms with Gasteiger partial charge in [0.2, 0.25) is 5.95 Å². The van der Waals surface area contributed by atoms with E-state index in [0.29, 0.717) is 5.56 Å². The molecule has 5 rings (SSSR count). The van der Waals surface area contributed by atoms with Gasteiger partial charge in [-0.15, -0.1) is 0 Å². The lowest BCUT2D eigenvalue weighted by atomic mass is 9.98. The molecule has 2 bridgehead atoms. The standard InChI is InChI=1S/C19H24N6O2/c1-12-14(11-21-23(12)2)18(26)25-13-3-4-17(25)15-10-20-19(22-16(15)9-13)24-5-7-27-8-6-24/h10-11,13,17H,3-9H2,1-2H3/t13-,17+/m0/s1. The molecule has 2 aromatic heterocycles. The van der Waals surface area contributed by atoms with Gasteiger partial charge in [0.05, 0.1) is 36.7 Å². The van der Waals surface area contributed by atoms with E-state index in [1.165, 1.54) is 0 Å². The smallest absolute Gasteiger partial charge is 0.258 e. The van der Waals surface area contributed by atoms with Gasteiger partial charge < -0.3 is 14.5 Å². The first-order valence-corrected chi connectivity index (χ1v) is 9.63. The Morgan fingerprint density at radius 2 is 2.04 bits per heavy atom. The first-order valence-electron chi connectivity index (χ1n) is 9.63. The summed E-state index contributed by atoms with van der Waals surface area (Å²) in [5.74, 6) is 0.871. The van der Waals surface area contributed by atoms with Crippen molar-refractivity contribution in [1.82, 2.24) is 24.6 Å². The van der Waals surface area contributed by atoms with Gasteiger partial charge in [-0.25, -0.2) is 9.97 Å². The second-order valence-electron chi connectivity index (χ2n) is 7.60. The monoisotopic (exact) mass is 368 g/mol. The van der Waals surface area contributed by atoms with Crippen LogP contribution in [0, 0.1) is 6.92 Å². The highest BCUT2D eigenvalue weighted by molar-refractivity contribution is 5.96. The summed E-state index contributed by atoms with van der Waals surface area (Å²) in [5.41, 5.74) is 3.81. The summed E-state index contributed by atoms with van der Waals surface area (Å²) in [5, 5.41) is 4.24. The predicted molar refractivity (Wildman–Crippen MR) is 98.6 cm³/mol. The fourth-order valence-corrected chi connectivity index (χ4v) is 4.54. The molecular formula is C19H24N6O2. The molecule has 8 heteroatoms. The van der Waals surface area contributed by atoms with E-state index < -0.39 is 0 Å². The van der Waals surface area contributed by atoms with E-state index in [-0.39, 0.29) is 18.0 Å². The van der Waals surface area contributed by atoms with Crippen LogP contribution in [0.5, 0.6) is 0 Å². The lowest BCUT2D eigenvalue weighted by Gasteiger charge is -2.36. The van der Waals surface area contributed by atoms with Crippen LogP contribution in [0.2, 0.25) is 0 Å². The molecular weight excluding hydrogens is 344 g/mol. The van der Waals surface area contributed by atoms with Gasteiger partial charge >= 0.3 is 0 Å². The summed E-state index contributed by atoms with van der Waals surface area (Å²) in [6.45, 7) is 5.04. The Kier molecular flexibility index (Phi) is 3.89. The molecule has 5 heterocycles. The summed E-state index contributed by atoms with van der Waals surface area (Å²) < 4.78 is 7.18. The summed E-state index contributed by atoms with van der Waals surface area (Å²) in [7, 11) is 1.87. The average molecular weight is 368 g/mol. The van der Waals surface area contributed by atoms with Crippen molar-refractivity contribution in [3.63, 3.8) is 0 Å². The molecule has 8 nitrogen and oxygen atoms in total. The number of carbonyl (C=O) groups excluding carboxylic acids is 1. The summed E-state index contributed by atoms with van der Waals surface area (Å²) in [6.07, 6.45) is 6.42. The van der Waals surface area contributed by atoms with Crippen molar-refractivity contribution < 1.29 is 9.53 Å². The van der Waals surface area contributed by atoms with Crippen LogP contribution < -0.4 is 4.90 Å². The molecule has 3 aliphatic rings. The number of anilines is 1. The van der Waals surface area contributed by atoms with Crippen LogP contribution in [0.15, 0.2) is 12.4 Å². The normalized spacial score (nSPS) is 24.2. The van der Waals surface area contributed by atoms with Gasteiger partial charge in [-0.3, -0.25) is 9.48 Å². The van der Waals surface area contributed by atoms with Gasteiger partial charge in [-0.05, 0) is 19.8 Å². The van der Waals surface area contributed by atoms with Gasteiger partial charge in [0.25, 0.3) is 5.91 Å². The quantitative estimate of drug-likeness (QED) is 0.794. The van der Waals surface area contributed by atoms with Gasteiger partial charge in [-0.2, -0.15) is 5.10 Å². The third-order valence-electron chi connectivity index (χ3n) is 6.17. The molecule has 0 saturated carbocycles. The van der Waals surface area contributed by atoms with Gasteiger partial charge in [0.15, 0.2) is 0 Å². The number of amides is 1. The number of aryl methyl sites for hydroxylation is 1. The van der Waals surface area contributed by atoms with Crippen LogP contribution in [-0.2, 0) is 18.2 Å². The molecule has 0 aliphatic carbocycles. The van der Waals surface area contributed by atoms with E-state index in [1.807, 2.05) is 25.1 Å². The zero-order chi connectivity index (χ0) is 18.5. The van der Waals surface area contributed by atoms with Crippen LogP contribution in [-0.4, -0.2) is 62.9 Å². The maximum absolute atomic E-state index is 13.2. The number of nitrogens with zero attached hydrogens (tertiary/aromatic N) is 6. The number of morpholine rings is 1. The first kappa shape index (κ1) is 16.7. The Morgan fingerprint density at radius 1 is 1.22 bits per heavy atom. The van der Waals surface area contributed by atoms with Crippen LogP contribution in [0.3, 0.4) is 0 Å². The van der Waals surface area contributed by atoms with Gasteiger partial charge in [0, 0.05) is 50.1 Å². The highest BCUT2D eigenvalue weighted by Crippen LogP contribution is 2.44. The SMILES string of the molecule is Cc1c(C(=O)N2[C@H]3CC[C@@H]2c2cnc(N4CCOCC4)nc2C3)cnn1C. The van der Waals surface area contributed by atoms with E-state index in [1.54, 1.807) is 10.9 Å². The maximum Gasteiger partial charge on any atom is 0.258 e. The highest BCUT2D eigenvalue weighted by Gasteiger charge is 2.44. The number of rotatable bonds is 2.